The number of anilines is 2. The summed E-state index contributed by atoms with van der Waals surface area (Å²) in [5, 5.41) is 6.88. The molecule has 0 unspecified atom stereocenters. The van der Waals surface area contributed by atoms with Gasteiger partial charge in [-0.15, -0.1) is 0 Å². The van der Waals surface area contributed by atoms with Gasteiger partial charge in [0.1, 0.15) is 11.5 Å². The van der Waals surface area contributed by atoms with Crippen LogP contribution in [0.4, 0.5) is 11.4 Å². The number of hydrogen-bond donors (Lipinski definition) is 2. The van der Waals surface area contributed by atoms with E-state index < -0.39 is 0 Å². The molecule has 0 saturated carbocycles. The van der Waals surface area contributed by atoms with Crippen molar-refractivity contribution < 1.29 is 14.3 Å². The monoisotopic (exact) mass is 368 g/mol. The van der Waals surface area contributed by atoms with Gasteiger partial charge in [0.2, 0.25) is 5.91 Å². The molecule has 2 rings (SSSR count). The van der Waals surface area contributed by atoms with E-state index in [1.54, 1.807) is 37.4 Å². The Morgan fingerprint density at radius 1 is 0.958 bits per heavy atom. The van der Waals surface area contributed by atoms with E-state index >= 15 is 0 Å². The molecule has 2 aromatic rings. The molecule has 0 saturated heterocycles. The van der Waals surface area contributed by atoms with Crippen molar-refractivity contribution in [2.45, 2.75) is 6.42 Å². The van der Waals surface area contributed by atoms with Gasteiger partial charge >= 0.3 is 0 Å². The number of halogens is 2. The van der Waals surface area contributed by atoms with Crippen LogP contribution in [0.1, 0.15) is 6.42 Å². The van der Waals surface area contributed by atoms with Crippen LogP contribution in [0.3, 0.4) is 0 Å². The lowest BCUT2D eigenvalue weighted by Gasteiger charge is -2.10. The Kier molecular flexibility index (Phi) is 6.58. The molecular weight excluding hydrogens is 351 g/mol. The molecule has 7 heteroatoms. The molecule has 0 aliphatic carbocycles. The van der Waals surface area contributed by atoms with Gasteiger partial charge in [0.05, 0.1) is 24.3 Å². The third-order valence-electron chi connectivity index (χ3n) is 3.27. The van der Waals surface area contributed by atoms with Crippen molar-refractivity contribution in [3.05, 3.63) is 46.4 Å². The topological polar surface area (TPSA) is 59.6 Å². The molecule has 0 radical (unpaired) electrons. The minimum absolute atomic E-state index is 0.122. The molecule has 0 atom stereocenters. The van der Waals surface area contributed by atoms with Gasteiger partial charge in [0.25, 0.3) is 0 Å². The summed E-state index contributed by atoms with van der Waals surface area (Å²) in [6.07, 6.45) is 0.299. The summed E-state index contributed by atoms with van der Waals surface area (Å²) in [6.45, 7) is 0.471. The minimum Gasteiger partial charge on any atom is -0.495 e. The molecule has 0 spiro atoms. The van der Waals surface area contributed by atoms with Gasteiger partial charge < -0.3 is 20.1 Å². The van der Waals surface area contributed by atoms with Crippen LogP contribution in [0, 0.1) is 0 Å². The Labute approximate surface area is 150 Å². The third-order valence-corrected chi connectivity index (χ3v) is 3.86. The van der Waals surface area contributed by atoms with Crippen LogP contribution in [0.25, 0.3) is 0 Å². The van der Waals surface area contributed by atoms with Crippen LogP contribution < -0.4 is 20.1 Å². The second-order valence-corrected chi connectivity index (χ2v) is 5.74. The summed E-state index contributed by atoms with van der Waals surface area (Å²) < 4.78 is 10.2. The van der Waals surface area contributed by atoms with Crippen LogP contribution >= 0.6 is 23.2 Å². The summed E-state index contributed by atoms with van der Waals surface area (Å²) in [7, 11) is 3.10. The van der Waals surface area contributed by atoms with E-state index in [9.17, 15) is 4.79 Å². The standard InChI is InChI=1S/C17H18Cl2N2O3/c1-23-15-5-3-11(9-13(15)18)20-8-7-17(22)21-12-4-6-16(24-2)14(19)10-12/h3-6,9-10,20H,7-8H2,1-2H3,(H,21,22). The number of amides is 1. The van der Waals surface area contributed by atoms with Crippen molar-refractivity contribution in [3.8, 4) is 11.5 Å². The smallest absolute Gasteiger partial charge is 0.226 e. The van der Waals surface area contributed by atoms with E-state index in [-0.39, 0.29) is 5.91 Å². The van der Waals surface area contributed by atoms with Crippen molar-refractivity contribution in [3.63, 3.8) is 0 Å². The van der Waals surface area contributed by atoms with Gasteiger partial charge in [-0.25, -0.2) is 0 Å². The zero-order valence-corrected chi connectivity index (χ0v) is 14.9. The first-order valence-corrected chi connectivity index (χ1v) is 8.00. The van der Waals surface area contributed by atoms with Gasteiger partial charge in [-0.3, -0.25) is 4.79 Å². The Balaban J connectivity index is 1.83. The first kappa shape index (κ1) is 18.2. The van der Waals surface area contributed by atoms with Crippen LogP contribution in [0.2, 0.25) is 10.0 Å². The maximum atomic E-state index is 12.0. The molecule has 0 bridgehead atoms. The van der Waals surface area contributed by atoms with E-state index in [4.69, 9.17) is 32.7 Å². The lowest BCUT2D eigenvalue weighted by molar-refractivity contribution is -0.115. The molecule has 5 nitrogen and oxygen atoms in total. The number of ether oxygens (including phenoxy) is 2. The highest BCUT2D eigenvalue weighted by Gasteiger charge is 2.06. The number of carbonyl (C=O) groups excluding carboxylic acids is 1. The predicted molar refractivity (Wildman–Crippen MR) is 97.7 cm³/mol. The highest BCUT2D eigenvalue weighted by Crippen LogP contribution is 2.28. The van der Waals surface area contributed by atoms with Crippen LogP contribution in [-0.2, 0) is 4.79 Å². The number of methoxy groups -OCH3 is 2. The fraction of sp³-hybridized carbons (Fsp3) is 0.235. The van der Waals surface area contributed by atoms with Gasteiger partial charge in [0.15, 0.2) is 0 Å². The number of rotatable bonds is 7. The molecule has 0 aliphatic rings. The van der Waals surface area contributed by atoms with Crippen molar-refractivity contribution in [1.82, 2.24) is 0 Å². The second kappa shape index (κ2) is 8.66. The van der Waals surface area contributed by atoms with Gasteiger partial charge in [-0.05, 0) is 36.4 Å². The molecule has 0 fully saturated rings. The molecule has 0 heterocycles. The fourth-order valence-electron chi connectivity index (χ4n) is 2.06. The summed E-state index contributed by atoms with van der Waals surface area (Å²) in [4.78, 5) is 12.0. The maximum Gasteiger partial charge on any atom is 0.226 e. The van der Waals surface area contributed by atoms with Gasteiger partial charge in [0, 0.05) is 24.3 Å². The first-order chi connectivity index (χ1) is 11.5. The predicted octanol–water partition coefficient (Wildman–Crippen LogP) is 4.45. The van der Waals surface area contributed by atoms with E-state index in [1.165, 1.54) is 7.11 Å². The van der Waals surface area contributed by atoms with Crippen LogP contribution in [0.5, 0.6) is 11.5 Å². The third kappa shape index (κ3) is 4.94. The lowest BCUT2D eigenvalue weighted by Crippen LogP contribution is -2.16. The molecule has 1 amide bonds. The Hall–Kier alpha value is -2.11. The Morgan fingerprint density at radius 2 is 1.50 bits per heavy atom. The number of hydrogen-bond acceptors (Lipinski definition) is 4. The second-order valence-electron chi connectivity index (χ2n) is 4.92. The van der Waals surface area contributed by atoms with E-state index in [2.05, 4.69) is 10.6 Å². The minimum atomic E-state index is -0.122. The van der Waals surface area contributed by atoms with Crippen molar-refractivity contribution >= 4 is 40.5 Å². The van der Waals surface area contributed by atoms with Crippen molar-refractivity contribution in [1.29, 1.82) is 0 Å². The summed E-state index contributed by atoms with van der Waals surface area (Å²) in [5.74, 6) is 1.05. The zero-order valence-electron chi connectivity index (χ0n) is 13.4. The van der Waals surface area contributed by atoms with Crippen molar-refractivity contribution in [2.75, 3.05) is 31.4 Å². The Morgan fingerprint density at radius 3 is 2.04 bits per heavy atom. The first-order valence-electron chi connectivity index (χ1n) is 7.24. The average Bonchev–Trinajstić information content (AvgIpc) is 2.55. The van der Waals surface area contributed by atoms with E-state index in [0.29, 0.717) is 40.2 Å². The average molecular weight is 369 g/mol. The summed E-state index contributed by atoms with van der Waals surface area (Å²) in [5.41, 5.74) is 1.44. The van der Waals surface area contributed by atoms with Crippen LogP contribution in [-0.4, -0.2) is 26.7 Å². The number of nitrogens with one attached hydrogen (secondary N) is 2. The van der Waals surface area contributed by atoms with Gasteiger partial charge in [-0.2, -0.15) is 0 Å². The Bertz CT molecular complexity index is 723. The lowest BCUT2D eigenvalue weighted by atomic mass is 10.2. The fourth-order valence-corrected chi connectivity index (χ4v) is 2.58. The molecule has 0 aliphatic heterocycles. The molecule has 2 N–H and O–H groups in total. The normalized spacial score (nSPS) is 10.2. The summed E-state index contributed by atoms with van der Waals surface area (Å²) in [6, 6.07) is 10.4. The van der Waals surface area contributed by atoms with Gasteiger partial charge in [-0.1, -0.05) is 23.2 Å². The quantitative estimate of drug-likeness (QED) is 0.757. The molecule has 128 valence electrons. The highest BCUT2D eigenvalue weighted by molar-refractivity contribution is 6.32. The van der Waals surface area contributed by atoms with E-state index in [1.807, 2.05) is 6.07 Å². The largest absolute Gasteiger partial charge is 0.495 e. The SMILES string of the molecule is COc1ccc(NCCC(=O)Nc2ccc(OC)c(Cl)c2)cc1Cl. The highest BCUT2D eigenvalue weighted by atomic mass is 35.5. The van der Waals surface area contributed by atoms with E-state index in [0.717, 1.165) is 5.69 Å². The summed E-state index contributed by atoms with van der Waals surface area (Å²) >= 11 is 12.1. The maximum absolute atomic E-state index is 12.0. The molecule has 24 heavy (non-hydrogen) atoms. The van der Waals surface area contributed by atoms with Crippen LogP contribution in [0.15, 0.2) is 36.4 Å². The molecule has 0 aromatic heterocycles. The molecular formula is C17H18Cl2N2O3. The number of carbonyl (C=O) groups is 1. The zero-order chi connectivity index (χ0) is 17.5. The molecule has 2 aromatic carbocycles. The number of benzene rings is 2. The van der Waals surface area contributed by atoms with Crippen molar-refractivity contribution in [2.24, 2.45) is 0 Å².